The third-order valence-electron chi connectivity index (χ3n) is 4.18. The van der Waals surface area contributed by atoms with Crippen LogP contribution in [0.5, 0.6) is 5.75 Å². The van der Waals surface area contributed by atoms with Crippen LogP contribution in [-0.2, 0) is 19.5 Å². The molecule has 3 N–H and O–H groups in total. The van der Waals surface area contributed by atoms with Gasteiger partial charge in [-0.1, -0.05) is 24.3 Å². The molecule has 0 fully saturated rings. The molecule has 0 atom stereocenters. The molecule has 0 aromatic heterocycles. The number of carbonyl (C=O) groups excluding carboxylic acids is 1. The molecule has 5 nitrogen and oxygen atoms in total. The molecule has 23 heavy (non-hydrogen) atoms. The van der Waals surface area contributed by atoms with Gasteiger partial charge in [-0.2, -0.15) is 0 Å². The fourth-order valence-electron chi connectivity index (χ4n) is 3.08. The fraction of sp³-hybridized carbons (Fsp3) is 0.278. The monoisotopic (exact) mass is 311 g/mol. The second kappa shape index (κ2) is 6.60. The Balaban J connectivity index is 1.78. The van der Waals surface area contributed by atoms with Crippen molar-refractivity contribution in [1.29, 1.82) is 0 Å². The Morgan fingerprint density at radius 3 is 2.91 bits per heavy atom. The van der Waals surface area contributed by atoms with Gasteiger partial charge < -0.3 is 20.7 Å². The first-order valence-electron chi connectivity index (χ1n) is 7.69. The molecule has 0 radical (unpaired) electrons. The smallest absolute Gasteiger partial charge is 0.312 e. The molecule has 0 saturated carbocycles. The summed E-state index contributed by atoms with van der Waals surface area (Å²) in [6.07, 6.45) is 0.982. The van der Waals surface area contributed by atoms with Crippen LogP contribution in [0, 0.1) is 0 Å². The molecule has 0 aliphatic carbocycles. The minimum absolute atomic E-state index is 0.478. The number of nitrogens with one attached hydrogen (secondary N) is 1. The van der Waals surface area contributed by atoms with Crippen molar-refractivity contribution in [2.75, 3.05) is 18.6 Å². The summed E-state index contributed by atoms with van der Waals surface area (Å²) in [5, 5.41) is 2.67. The number of ether oxygens (including phenoxy) is 1. The SMILES string of the molecule is COc1cccc(CN2CCc3c(CNC(N)=O)cccc32)c1. The largest absolute Gasteiger partial charge is 0.497 e. The number of hydrogen-bond acceptors (Lipinski definition) is 3. The Morgan fingerprint density at radius 1 is 1.30 bits per heavy atom. The topological polar surface area (TPSA) is 67.6 Å². The molecule has 1 aliphatic heterocycles. The van der Waals surface area contributed by atoms with Crippen molar-refractivity contribution in [2.45, 2.75) is 19.5 Å². The van der Waals surface area contributed by atoms with E-state index in [1.807, 2.05) is 24.3 Å². The first-order chi connectivity index (χ1) is 11.2. The highest BCUT2D eigenvalue weighted by molar-refractivity contribution is 5.72. The molecule has 120 valence electrons. The predicted molar refractivity (Wildman–Crippen MR) is 90.6 cm³/mol. The summed E-state index contributed by atoms with van der Waals surface area (Å²) < 4.78 is 5.29. The van der Waals surface area contributed by atoms with E-state index in [0.29, 0.717) is 6.54 Å². The van der Waals surface area contributed by atoms with Gasteiger partial charge in [-0.15, -0.1) is 0 Å². The predicted octanol–water partition coefficient (Wildman–Crippen LogP) is 2.43. The van der Waals surface area contributed by atoms with Gasteiger partial charge in [0.1, 0.15) is 5.75 Å². The average Bonchev–Trinajstić information content (AvgIpc) is 2.96. The lowest BCUT2D eigenvalue weighted by Gasteiger charge is -2.20. The number of nitrogens with two attached hydrogens (primary N) is 1. The van der Waals surface area contributed by atoms with Crippen LogP contribution in [0.3, 0.4) is 0 Å². The third-order valence-corrected chi connectivity index (χ3v) is 4.18. The Hall–Kier alpha value is -2.69. The van der Waals surface area contributed by atoms with Crippen LogP contribution in [0.1, 0.15) is 16.7 Å². The second-order valence-corrected chi connectivity index (χ2v) is 5.66. The van der Waals surface area contributed by atoms with Crippen LogP contribution in [0.2, 0.25) is 0 Å². The van der Waals surface area contributed by atoms with E-state index in [4.69, 9.17) is 10.5 Å². The van der Waals surface area contributed by atoms with Crippen LogP contribution >= 0.6 is 0 Å². The van der Waals surface area contributed by atoms with E-state index in [0.717, 1.165) is 30.8 Å². The van der Waals surface area contributed by atoms with Crippen molar-refractivity contribution in [3.8, 4) is 5.75 Å². The zero-order chi connectivity index (χ0) is 16.2. The van der Waals surface area contributed by atoms with Crippen molar-refractivity contribution in [3.63, 3.8) is 0 Å². The highest BCUT2D eigenvalue weighted by Gasteiger charge is 2.21. The van der Waals surface area contributed by atoms with Gasteiger partial charge in [0, 0.05) is 25.3 Å². The molecule has 0 unspecified atom stereocenters. The van der Waals surface area contributed by atoms with E-state index < -0.39 is 6.03 Å². The van der Waals surface area contributed by atoms with Gasteiger partial charge in [0.25, 0.3) is 0 Å². The molecule has 0 saturated heterocycles. The van der Waals surface area contributed by atoms with E-state index in [9.17, 15) is 4.79 Å². The molecule has 5 heteroatoms. The summed E-state index contributed by atoms with van der Waals surface area (Å²) >= 11 is 0. The Bertz CT molecular complexity index is 715. The van der Waals surface area contributed by atoms with Gasteiger partial charge in [-0.3, -0.25) is 0 Å². The number of primary amides is 1. The van der Waals surface area contributed by atoms with E-state index in [1.54, 1.807) is 7.11 Å². The number of amides is 2. The van der Waals surface area contributed by atoms with E-state index in [-0.39, 0.29) is 0 Å². The van der Waals surface area contributed by atoms with Crippen LogP contribution in [0.15, 0.2) is 42.5 Å². The summed E-state index contributed by atoms with van der Waals surface area (Å²) in [5.74, 6) is 0.876. The third kappa shape index (κ3) is 3.39. The number of methoxy groups -OCH3 is 1. The molecule has 2 aromatic rings. The van der Waals surface area contributed by atoms with Gasteiger partial charge in [-0.25, -0.2) is 4.79 Å². The number of carbonyl (C=O) groups is 1. The van der Waals surface area contributed by atoms with Gasteiger partial charge in [0.15, 0.2) is 0 Å². The Kier molecular flexibility index (Phi) is 4.37. The number of nitrogens with zero attached hydrogens (tertiary/aromatic N) is 1. The molecular formula is C18H21N3O2. The van der Waals surface area contributed by atoms with Gasteiger partial charge in [0.2, 0.25) is 0 Å². The Morgan fingerprint density at radius 2 is 2.13 bits per heavy atom. The van der Waals surface area contributed by atoms with Gasteiger partial charge in [-0.05, 0) is 41.3 Å². The standard InChI is InChI=1S/C18H21N3O2/c1-23-15-6-2-4-13(10-15)12-21-9-8-16-14(11-20-18(19)22)5-3-7-17(16)21/h2-7,10H,8-9,11-12H2,1H3,(H3,19,20,22). The second-order valence-electron chi connectivity index (χ2n) is 5.66. The molecule has 2 amide bonds. The van der Waals surface area contributed by atoms with Crippen LogP contribution in [-0.4, -0.2) is 19.7 Å². The van der Waals surface area contributed by atoms with Crippen molar-refractivity contribution < 1.29 is 9.53 Å². The average molecular weight is 311 g/mol. The Labute approximate surface area is 136 Å². The fourth-order valence-corrected chi connectivity index (χ4v) is 3.08. The first-order valence-corrected chi connectivity index (χ1v) is 7.69. The maximum Gasteiger partial charge on any atom is 0.312 e. The highest BCUT2D eigenvalue weighted by Crippen LogP contribution is 2.32. The zero-order valence-corrected chi connectivity index (χ0v) is 13.2. The van der Waals surface area contributed by atoms with E-state index >= 15 is 0 Å². The van der Waals surface area contributed by atoms with Crippen LogP contribution < -0.4 is 20.7 Å². The minimum Gasteiger partial charge on any atom is -0.497 e. The lowest BCUT2D eigenvalue weighted by molar-refractivity contribution is 0.248. The van der Waals surface area contributed by atoms with Gasteiger partial charge >= 0.3 is 6.03 Å². The lowest BCUT2D eigenvalue weighted by atomic mass is 10.0. The molecule has 1 aliphatic rings. The van der Waals surface area contributed by atoms with Crippen molar-refractivity contribution in [3.05, 3.63) is 59.2 Å². The number of hydrogen-bond donors (Lipinski definition) is 2. The minimum atomic E-state index is -0.492. The number of benzene rings is 2. The first kappa shape index (κ1) is 15.2. The zero-order valence-electron chi connectivity index (χ0n) is 13.2. The van der Waals surface area contributed by atoms with Crippen molar-refractivity contribution >= 4 is 11.7 Å². The summed E-state index contributed by atoms with van der Waals surface area (Å²) in [4.78, 5) is 13.3. The number of anilines is 1. The van der Waals surface area contributed by atoms with Gasteiger partial charge in [0.05, 0.1) is 7.11 Å². The quantitative estimate of drug-likeness (QED) is 0.891. The molecule has 3 rings (SSSR count). The molecule has 1 heterocycles. The maximum atomic E-state index is 10.9. The molecule has 2 aromatic carbocycles. The van der Waals surface area contributed by atoms with E-state index in [2.05, 4.69) is 28.4 Å². The molecular weight excluding hydrogens is 290 g/mol. The maximum absolute atomic E-state index is 10.9. The van der Waals surface area contributed by atoms with Crippen LogP contribution in [0.25, 0.3) is 0 Å². The lowest BCUT2D eigenvalue weighted by Crippen LogP contribution is -2.28. The summed E-state index contributed by atoms with van der Waals surface area (Å²) in [5.41, 5.74) is 10.1. The molecule has 0 bridgehead atoms. The number of urea groups is 1. The van der Waals surface area contributed by atoms with Crippen molar-refractivity contribution in [1.82, 2.24) is 5.32 Å². The highest BCUT2D eigenvalue weighted by atomic mass is 16.5. The van der Waals surface area contributed by atoms with E-state index in [1.165, 1.54) is 16.8 Å². The summed E-state index contributed by atoms with van der Waals surface area (Å²) in [6.45, 7) is 2.29. The number of rotatable bonds is 5. The number of fused-ring (bicyclic) bond motifs is 1. The molecule has 0 spiro atoms. The van der Waals surface area contributed by atoms with Crippen molar-refractivity contribution in [2.24, 2.45) is 5.73 Å². The summed E-state index contributed by atoms with van der Waals surface area (Å²) in [7, 11) is 1.68. The van der Waals surface area contributed by atoms with Crippen LogP contribution in [0.4, 0.5) is 10.5 Å². The normalized spacial score (nSPS) is 12.8. The summed E-state index contributed by atoms with van der Waals surface area (Å²) in [6, 6.07) is 13.9.